The number of aliphatic hydroxyl groups excluding tert-OH is 2. The lowest BCUT2D eigenvalue weighted by Crippen LogP contribution is -2.35. The summed E-state index contributed by atoms with van der Waals surface area (Å²) in [5, 5.41) is 31.3. The van der Waals surface area contributed by atoms with Crippen molar-refractivity contribution in [1.29, 1.82) is 0 Å². The highest BCUT2D eigenvalue weighted by atomic mass is 32.2. The maximum absolute atomic E-state index is 10.7. The summed E-state index contributed by atoms with van der Waals surface area (Å²) in [4.78, 5) is 0. The van der Waals surface area contributed by atoms with E-state index in [0.717, 1.165) is 42.6 Å². The van der Waals surface area contributed by atoms with Crippen LogP contribution in [0.1, 0.15) is 79.1 Å². The molecule has 3 aliphatic carbocycles. The number of allylic oxidation sites excluding steroid dienone is 4. The van der Waals surface area contributed by atoms with Crippen molar-refractivity contribution in [3.63, 3.8) is 0 Å². The van der Waals surface area contributed by atoms with Crippen molar-refractivity contribution in [2.24, 2.45) is 11.3 Å². The van der Waals surface area contributed by atoms with E-state index in [1.807, 2.05) is 11.8 Å². The molecule has 2 fully saturated rings. The van der Waals surface area contributed by atoms with E-state index in [1.54, 1.807) is 5.57 Å². The molecule has 0 bridgehead atoms. The molecule has 0 aromatic carbocycles. The third-order valence-electron chi connectivity index (χ3n) is 8.23. The first-order valence-corrected chi connectivity index (χ1v) is 13.2. The van der Waals surface area contributed by atoms with Crippen molar-refractivity contribution in [1.82, 2.24) is 0 Å². The molecule has 0 saturated heterocycles. The van der Waals surface area contributed by atoms with Crippen LogP contribution in [0.5, 0.6) is 0 Å². The van der Waals surface area contributed by atoms with Crippen molar-refractivity contribution < 1.29 is 15.3 Å². The van der Waals surface area contributed by atoms with Crippen molar-refractivity contribution in [2.45, 2.75) is 102 Å². The topological polar surface area (TPSA) is 60.7 Å². The van der Waals surface area contributed by atoms with E-state index in [4.69, 9.17) is 0 Å². The minimum Gasteiger partial charge on any atom is -0.393 e. The van der Waals surface area contributed by atoms with Crippen molar-refractivity contribution in [3.8, 4) is 0 Å². The van der Waals surface area contributed by atoms with Gasteiger partial charge in [0, 0.05) is 17.4 Å². The lowest BCUT2D eigenvalue weighted by Gasteiger charge is -2.42. The molecule has 0 aliphatic heterocycles. The van der Waals surface area contributed by atoms with E-state index < -0.39 is 17.8 Å². The lowest BCUT2D eigenvalue weighted by atomic mass is 9.64. The van der Waals surface area contributed by atoms with Crippen LogP contribution >= 0.6 is 11.8 Å². The molecule has 3 rings (SSSR count). The average molecular weight is 447 g/mol. The molecule has 0 radical (unpaired) electrons. The fourth-order valence-electron chi connectivity index (χ4n) is 5.77. The Kier molecular flexibility index (Phi) is 8.00. The van der Waals surface area contributed by atoms with E-state index in [-0.39, 0.29) is 5.41 Å². The maximum Gasteiger partial charge on any atom is 0.0811 e. The van der Waals surface area contributed by atoms with Crippen LogP contribution < -0.4 is 0 Å². The van der Waals surface area contributed by atoms with E-state index in [0.29, 0.717) is 24.0 Å². The van der Waals surface area contributed by atoms with E-state index in [1.165, 1.54) is 18.4 Å². The molecule has 0 aromatic heterocycles. The molecule has 174 valence electrons. The Balaban J connectivity index is 1.73. The zero-order valence-electron chi connectivity index (χ0n) is 19.9. The predicted octanol–water partition coefficient (Wildman–Crippen LogP) is 5.72. The summed E-state index contributed by atoms with van der Waals surface area (Å²) in [7, 11) is 0. The van der Waals surface area contributed by atoms with Gasteiger partial charge in [0.25, 0.3) is 0 Å². The highest BCUT2D eigenvalue weighted by Gasteiger charge is 2.46. The molecule has 3 nitrogen and oxygen atoms in total. The van der Waals surface area contributed by atoms with Gasteiger partial charge in [-0.05, 0) is 74.3 Å². The first-order chi connectivity index (χ1) is 14.6. The predicted molar refractivity (Wildman–Crippen MR) is 132 cm³/mol. The van der Waals surface area contributed by atoms with Crippen molar-refractivity contribution >= 4 is 11.8 Å². The summed E-state index contributed by atoms with van der Waals surface area (Å²) in [6.45, 7) is 13.0. The summed E-state index contributed by atoms with van der Waals surface area (Å²) in [5.41, 5.74) is 4.43. The second kappa shape index (κ2) is 9.99. The second-order valence-corrected chi connectivity index (χ2v) is 11.5. The lowest BCUT2D eigenvalue weighted by molar-refractivity contribution is 0.0571. The van der Waals surface area contributed by atoms with Gasteiger partial charge in [-0.2, -0.15) is 11.8 Å². The molecule has 5 atom stereocenters. The van der Waals surface area contributed by atoms with Gasteiger partial charge in [0.2, 0.25) is 0 Å². The van der Waals surface area contributed by atoms with Gasteiger partial charge in [-0.15, -0.1) is 0 Å². The third-order valence-corrected chi connectivity index (χ3v) is 9.69. The highest BCUT2D eigenvalue weighted by Crippen LogP contribution is 2.57. The Morgan fingerprint density at radius 3 is 2.68 bits per heavy atom. The Morgan fingerprint density at radius 1 is 1.29 bits per heavy atom. The van der Waals surface area contributed by atoms with Crippen LogP contribution in [0.4, 0.5) is 0 Å². The van der Waals surface area contributed by atoms with Gasteiger partial charge in [-0.25, -0.2) is 0 Å². The summed E-state index contributed by atoms with van der Waals surface area (Å²) in [6.07, 6.45) is 12.9. The number of hydrogen-bond donors (Lipinski definition) is 3. The molecule has 3 N–H and O–H groups in total. The Hall–Kier alpha value is -0.810. The standard InChI is InChI=1S/C27H42O3S/c1-6-27(30,7-2)17-31-19(4)23-12-13-24-20(9-8-14-26(23,24)5)10-11-21-15-22(28)16-25(29)18(21)3/h10-12,19,22,24-25,28-30H,3,6-9,13-17H2,1-2,4-5H3/b20-10+,21-11-/t19-,22-,24?,25+,26-/m1/s1. The van der Waals surface area contributed by atoms with Crippen LogP contribution in [0.15, 0.2) is 47.1 Å². The molecule has 0 heterocycles. The Morgan fingerprint density at radius 2 is 2.00 bits per heavy atom. The molecule has 0 amide bonds. The number of rotatable bonds is 7. The van der Waals surface area contributed by atoms with Gasteiger partial charge in [0.15, 0.2) is 0 Å². The van der Waals surface area contributed by atoms with Crippen LogP contribution in [0.2, 0.25) is 0 Å². The normalized spacial score (nSPS) is 35.4. The van der Waals surface area contributed by atoms with Gasteiger partial charge in [-0.3, -0.25) is 0 Å². The fraction of sp³-hybridized carbons (Fsp3) is 0.704. The first kappa shape index (κ1) is 24.8. The van der Waals surface area contributed by atoms with Crippen LogP contribution in [-0.4, -0.2) is 44.1 Å². The zero-order valence-corrected chi connectivity index (χ0v) is 20.7. The van der Waals surface area contributed by atoms with Crippen molar-refractivity contribution in [2.75, 3.05) is 5.75 Å². The quantitative estimate of drug-likeness (QED) is 0.438. The average Bonchev–Trinajstić information content (AvgIpc) is 3.10. The molecule has 1 unspecified atom stereocenters. The van der Waals surface area contributed by atoms with Gasteiger partial charge in [0.05, 0.1) is 17.8 Å². The molecule has 3 aliphatic rings. The zero-order chi connectivity index (χ0) is 22.8. The van der Waals surface area contributed by atoms with Crippen LogP contribution in [0.25, 0.3) is 0 Å². The summed E-state index contributed by atoms with van der Waals surface area (Å²) >= 11 is 1.91. The third kappa shape index (κ3) is 5.24. The van der Waals surface area contributed by atoms with Gasteiger partial charge < -0.3 is 15.3 Å². The number of fused-ring (bicyclic) bond motifs is 1. The summed E-state index contributed by atoms with van der Waals surface area (Å²) in [5.74, 6) is 1.32. The maximum atomic E-state index is 10.7. The Bertz CT molecular complexity index is 760. The van der Waals surface area contributed by atoms with Crippen LogP contribution in [-0.2, 0) is 0 Å². The smallest absolute Gasteiger partial charge is 0.0811 e. The molecule has 0 aromatic rings. The number of hydrogen-bond acceptors (Lipinski definition) is 4. The van der Waals surface area contributed by atoms with E-state index >= 15 is 0 Å². The molecular formula is C27H42O3S. The van der Waals surface area contributed by atoms with Crippen molar-refractivity contribution in [3.05, 3.63) is 47.1 Å². The van der Waals surface area contributed by atoms with Gasteiger partial charge >= 0.3 is 0 Å². The van der Waals surface area contributed by atoms with Gasteiger partial charge in [-0.1, -0.05) is 56.7 Å². The summed E-state index contributed by atoms with van der Waals surface area (Å²) < 4.78 is 0. The fourth-order valence-corrected chi connectivity index (χ4v) is 7.28. The minimum atomic E-state index is -0.632. The first-order valence-electron chi connectivity index (χ1n) is 12.1. The SMILES string of the molecule is C=C1/C(=C\C=C2/CCC[C@]3(C)C([C@@H](C)SCC(O)(CC)CC)=CCC23)C[C@@H](O)C[C@@H]1O. The largest absolute Gasteiger partial charge is 0.393 e. The molecule has 4 heteroatoms. The van der Waals surface area contributed by atoms with Gasteiger partial charge in [0.1, 0.15) is 0 Å². The molecule has 2 saturated carbocycles. The van der Waals surface area contributed by atoms with Crippen LogP contribution in [0.3, 0.4) is 0 Å². The monoisotopic (exact) mass is 446 g/mol. The number of thioether (sulfide) groups is 1. The molecule has 0 spiro atoms. The highest BCUT2D eigenvalue weighted by molar-refractivity contribution is 8.00. The summed E-state index contributed by atoms with van der Waals surface area (Å²) in [6, 6.07) is 0. The Labute approximate surface area is 193 Å². The van der Waals surface area contributed by atoms with E-state index in [2.05, 4.69) is 52.5 Å². The second-order valence-electron chi connectivity index (χ2n) is 10.2. The molecule has 31 heavy (non-hydrogen) atoms. The molecular weight excluding hydrogens is 404 g/mol. The van der Waals surface area contributed by atoms with Crippen LogP contribution in [0, 0.1) is 11.3 Å². The minimum absolute atomic E-state index is 0.189. The number of aliphatic hydroxyl groups is 3. The van der Waals surface area contributed by atoms with E-state index in [9.17, 15) is 15.3 Å².